The van der Waals surface area contributed by atoms with Crippen molar-refractivity contribution < 1.29 is 18.0 Å². The minimum atomic E-state index is -4.41. The van der Waals surface area contributed by atoms with Crippen molar-refractivity contribution in [3.05, 3.63) is 23.9 Å². The van der Waals surface area contributed by atoms with Gasteiger partial charge in [-0.15, -0.1) is 0 Å². The maximum Gasteiger partial charge on any atom is 0.406 e. The number of alkyl halides is 3. The van der Waals surface area contributed by atoms with Gasteiger partial charge in [-0.05, 0) is 25.5 Å². The van der Waals surface area contributed by atoms with Gasteiger partial charge < -0.3 is 10.2 Å². The van der Waals surface area contributed by atoms with E-state index < -0.39 is 18.6 Å². The van der Waals surface area contributed by atoms with E-state index in [0.717, 1.165) is 11.3 Å². The van der Waals surface area contributed by atoms with Crippen molar-refractivity contribution in [3.63, 3.8) is 0 Å². The Morgan fingerprint density at radius 1 is 1.40 bits per heavy atom. The summed E-state index contributed by atoms with van der Waals surface area (Å²) >= 11 is 0. The fourth-order valence-electron chi connectivity index (χ4n) is 1.68. The molecule has 0 aromatic carbocycles. The summed E-state index contributed by atoms with van der Waals surface area (Å²) in [5, 5.41) is 2.95. The summed E-state index contributed by atoms with van der Waals surface area (Å²) in [6.45, 7) is 2.78. The Hall–Kier alpha value is -1.79. The molecule has 0 spiro atoms. The van der Waals surface area contributed by atoms with E-state index in [0.29, 0.717) is 12.4 Å². The molecule has 1 aromatic heterocycles. The van der Waals surface area contributed by atoms with E-state index in [9.17, 15) is 18.0 Å². The molecule has 1 rings (SSSR count). The molecule has 0 fully saturated rings. The number of hydrogen-bond donors (Lipinski definition) is 1. The van der Waals surface area contributed by atoms with Crippen molar-refractivity contribution in [3.8, 4) is 0 Å². The molecule has 4 nitrogen and oxygen atoms in total. The van der Waals surface area contributed by atoms with Crippen LogP contribution in [0.5, 0.6) is 0 Å². The van der Waals surface area contributed by atoms with Gasteiger partial charge in [0.1, 0.15) is 12.4 Å². The van der Waals surface area contributed by atoms with Crippen LogP contribution in [0.25, 0.3) is 0 Å². The number of carbonyl (C=O) groups is 1. The monoisotopic (exact) mass is 289 g/mol. The SMILES string of the molecule is CCCNc1ncccc1C(=O)N(CC)CC(F)(F)F. The van der Waals surface area contributed by atoms with Gasteiger partial charge in [0.15, 0.2) is 0 Å². The Balaban J connectivity index is 2.94. The molecule has 1 aromatic rings. The zero-order chi connectivity index (χ0) is 15.2. The number of halogens is 3. The van der Waals surface area contributed by atoms with E-state index in [2.05, 4.69) is 10.3 Å². The van der Waals surface area contributed by atoms with Crippen molar-refractivity contribution in [2.45, 2.75) is 26.4 Å². The lowest BCUT2D eigenvalue weighted by Crippen LogP contribution is -2.39. The second-order valence-electron chi connectivity index (χ2n) is 4.26. The van der Waals surface area contributed by atoms with Crippen LogP contribution in [-0.2, 0) is 0 Å². The number of hydrogen-bond acceptors (Lipinski definition) is 3. The molecule has 1 N–H and O–H groups in total. The van der Waals surface area contributed by atoms with E-state index in [1.807, 2.05) is 6.92 Å². The van der Waals surface area contributed by atoms with Crippen molar-refractivity contribution in [2.75, 3.05) is 25.0 Å². The molecule has 20 heavy (non-hydrogen) atoms. The third kappa shape index (κ3) is 4.71. The highest BCUT2D eigenvalue weighted by Crippen LogP contribution is 2.20. The van der Waals surface area contributed by atoms with Gasteiger partial charge in [0.2, 0.25) is 0 Å². The third-order valence-corrected chi connectivity index (χ3v) is 2.62. The second-order valence-corrected chi connectivity index (χ2v) is 4.26. The summed E-state index contributed by atoms with van der Waals surface area (Å²) in [5.74, 6) is -0.350. The highest BCUT2D eigenvalue weighted by atomic mass is 19.4. The lowest BCUT2D eigenvalue weighted by molar-refractivity contribution is -0.140. The Kier molecular flexibility index (Phi) is 5.79. The van der Waals surface area contributed by atoms with Crippen LogP contribution >= 0.6 is 0 Å². The van der Waals surface area contributed by atoms with Crippen LogP contribution in [0.1, 0.15) is 30.6 Å². The molecule has 1 heterocycles. The summed E-state index contributed by atoms with van der Waals surface area (Å²) < 4.78 is 37.3. The van der Waals surface area contributed by atoms with Crippen molar-refractivity contribution >= 4 is 11.7 Å². The fourth-order valence-corrected chi connectivity index (χ4v) is 1.68. The second kappa shape index (κ2) is 7.12. The first-order valence-corrected chi connectivity index (χ1v) is 6.44. The van der Waals surface area contributed by atoms with Gasteiger partial charge in [-0.1, -0.05) is 6.92 Å². The minimum absolute atomic E-state index is 0.0134. The molecule has 1 amide bonds. The molecule has 0 aliphatic rings. The van der Waals surface area contributed by atoms with Gasteiger partial charge in [0.05, 0.1) is 5.56 Å². The van der Waals surface area contributed by atoms with Crippen LogP contribution in [0.4, 0.5) is 19.0 Å². The van der Waals surface area contributed by atoms with Gasteiger partial charge in [-0.2, -0.15) is 13.2 Å². The summed E-state index contributed by atoms with van der Waals surface area (Å²) in [4.78, 5) is 17.0. The first-order chi connectivity index (χ1) is 9.39. The average molecular weight is 289 g/mol. The van der Waals surface area contributed by atoms with Crippen LogP contribution in [0.3, 0.4) is 0 Å². The topological polar surface area (TPSA) is 45.2 Å². The zero-order valence-electron chi connectivity index (χ0n) is 11.5. The van der Waals surface area contributed by atoms with Crippen LogP contribution in [0, 0.1) is 0 Å². The molecule has 0 unspecified atom stereocenters. The predicted molar refractivity (Wildman–Crippen MR) is 70.7 cm³/mol. The molecule has 0 atom stereocenters. The molecule has 0 saturated carbocycles. The zero-order valence-corrected chi connectivity index (χ0v) is 11.5. The Morgan fingerprint density at radius 3 is 2.65 bits per heavy atom. The Bertz CT molecular complexity index is 449. The Morgan fingerprint density at radius 2 is 2.10 bits per heavy atom. The molecule has 112 valence electrons. The lowest BCUT2D eigenvalue weighted by atomic mass is 10.2. The number of amides is 1. The number of pyridine rings is 1. The normalized spacial score (nSPS) is 11.2. The predicted octanol–water partition coefficient (Wildman–Crippen LogP) is 2.93. The van der Waals surface area contributed by atoms with E-state index in [-0.39, 0.29) is 12.1 Å². The van der Waals surface area contributed by atoms with Gasteiger partial charge >= 0.3 is 6.18 Å². The number of carbonyl (C=O) groups excluding carboxylic acids is 1. The number of rotatable bonds is 6. The Labute approximate surface area is 116 Å². The van der Waals surface area contributed by atoms with Crippen LogP contribution in [0.15, 0.2) is 18.3 Å². The van der Waals surface area contributed by atoms with Crippen LogP contribution in [0.2, 0.25) is 0 Å². The smallest absolute Gasteiger partial charge is 0.369 e. The summed E-state index contributed by atoms with van der Waals surface area (Å²) in [6, 6.07) is 3.01. The van der Waals surface area contributed by atoms with E-state index in [1.165, 1.54) is 25.3 Å². The standard InChI is InChI=1S/C13H18F3N3O/c1-3-7-17-11-10(6-5-8-18-11)12(20)19(4-2)9-13(14,15)16/h5-6,8H,3-4,7,9H2,1-2H3,(H,17,18). The summed E-state index contributed by atoms with van der Waals surface area (Å²) in [5.41, 5.74) is 0.159. The first kappa shape index (κ1) is 16.3. The highest BCUT2D eigenvalue weighted by molar-refractivity contribution is 5.98. The summed E-state index contributed by atoms with van der Waals surface area (Å²) in [6.07, 6.45) is -2.09. The van der Waals surface area contributed by atoms with Crippen LogP contribution in [-0.4, -0.2) is 41.6 Å². The maximum absolute atomic E-state index is 12.4. The average Bonchev–Trinajstić information content (AvgIpc) is 2.41. The number of nitrogens with zero attached hydrogens (tertiary/aromatic N) is 2. The first-order valence-electron chi connectivity index (χ1n) is 6.44. The van der Waals surface area contributed by atoms with E-state index in [4.69, 9.17) is 0 Å². The third-order valence-electron chi connectivity index (χ3n) is 2.62. The maximum atomic E-state index is 12.4. The lowest BCUT2D eigenvalue weighted by Gasteiger charge is -2.23. The fraction of sp³-hybridized carbons (Fsp3) is 0.538. The molecule has 0 radical (unpaired) electrons. The molecule has 0 saturated heterocycles. The number of nitrogens with one attached hydrogen (secondary N) is 1. The van der Waals surface area contributed by atoms with Crippen molar-refractivity contribution in [1.29, 1.82) is 0 Å². The molecule has 0 aliphatic carbocycles. The molecule has 0 bridgehead atoms. The quantitative estimate of drug-likeness (QED) is 0.875. The molecule has 0 aliphatic heterocycles. The number of anilines is 1. The van der Waals surface area contributed by atoms with E-state index >= 15 is 0 Å². The molecular weight excluding hydrogens is 271 g/mol. The van der Waals surface area contributed by atoms with Gasteiger partial charge in [-0.3, -0.25) is 4.79 Å². The molecular formula is C13H18F3N3O. The van der Waals surface area contributed by atoms with Gasteiger partial charge in [-0.25, -0.2) is 4.98 Å². The highest BCUT2D eigenvalue weighted by Gasteiger charge is 2.33. The molecule has 7 heteroatoms. The van der Waals surface area contributed by atoms with Gasteiger partial charge in [0.25, 0.3) is 5.91 Å². The largest absolute Gasteiger partial charge is 0.406 e. The number of aromatic nitrogens is 1. The van der Waals surface area contributed by atoms with Crippen molar-refractivity contribution in [1.82, 2.24) is 9.88 Å². The van der Waals surface area contributed by atoms with Crippen LogP contribution < -0.4 is 5.32 Å². The summed E-state index contributed by atoms with van der Waals surface area (Å²) in [7, 11) is 0. The van der Waals surface area contributed by atoms with Gasteiger partial charge in [0, 0.05) is 19.3 Å². The minimum Gasteiger partial charge on any atom is -0.369 e. The van der Waals surface area contributed by atoms with E-state index in [1.54, 1.807) is 0 Å². The van der Waals surface area contributed by atoms with Crippen molar-refractivity contribution in [2.24, 2.45) is 0 Å².